The lowest BCUT2D eigenvalue weighted by Gasteiger charge is -2.55. The maximum Gasteiger partial charge on any atom is 0.488 e. The fourth-order valence-electron chi connectivity index (χ4n) is 0.967. The normalized spacial score (nSPS) is 45.8. The highest BCUT2D eigenvalue weighted by Crippen LogP contribution is 2.80. The zero-order valence-electron chi connectivity index (χ0n) is 5.67. The van der Waals surface area contributed by atoms with Crippen molar-refractivity contribution in [3.8, 4) is 0 Å². The number of phosphoric acid groups is 1. The van der Waals surface area contributed by atoms with E-state index in [2.05, 4.69) is 13.6 Å². The summed E-state index contributed by atoms with van der Waals surface area (Å²) in [6.45, 7) is 0. The van der Waals surface area contributed by atoms with Crippen LogP contribution in [0.1, 0.15) is 6.42 Å². The van der Waals surface area contributed by atoms with Gasteiger partial charge in [-0.1, -0.05) is 0 Å². The van der Waals surface area contributed by atoms with E-state index in [4.69, 9.17) is 10.2 Å². The highest BCUT2D eigenvalue weighted by molar-refractivity contribution is 7.51. The lowest BCUT2D eigenvalue weighted by atomic mass is 10.2. The van der Waals surface area contributed by atoms with Crippen molar-refractivity contribution in [2.45, 2.75) is 18.5 Å². The zero-order valence-corrected chi connectivity index (χ0v) is 6.56. The summed E-state index contributed by atoms with van der Waals surface area (Å²) in [5.74, 6) is -2.97. The number of aliphatic hydroxyl groups excluding tert-OH is 1. The molecule has 3 heterocycles. The topological polar surface area (TPSA) is 102 Å². The molecule has 0 aromatic heterocycles. The van der Waals surface area contributed by atoms with Crippen molar-refractivity contribution < 1.29 is 33.1 Å². The van der Waals surface area contributed by atoms with Crippen LogP contribution in [0.15, 0.2) is 0 Å². The monoisotopic (exact) mass is 196 g/mol. The molecule has 0 saturated carbocycles. The average molecular weight is 196 g/mol. The van der Waals surface area contributed by atoms with E-state index in [1.54, 1.807) is 0 Å². The van der Waals surface area contributed by atoms with Crippen molar-refractivity contribution in [1.29, 1.82) is 0 Å². The van der Waals surface area contributed by atoms with Gasteiger partial charge in [0.2, 0.25) is 0 Å². The van der Waals surface area contributed by atoms with E-state index in [1.807, 2.05) is 0 Å². The van der Waals surface area contributed by atoms with Gasteiger partial charge in [0.05, 0.1) is 6.42 Å². The molecule has 0 amide bonds. The van der Waals surface area contributed by atoms with Crippen LogP contribution in [0.2, 0.25) is 0 Å². The van der Waals surface area contributed by atoms with Gasteiger partial charge in [0.15, 0.2) is 6.10 Å². The molecule has 3 saturated heterocycles. The second-order valence-corrected chi connectivity index (χ2v) is 3.90. The van der Waals surface area contributed by atoms with Gasteiger partial charge < -0.3 is 10.2 Å². The van der Waals surface area contributed by atoms with Crippen LogP contribution in [0.25, 0.3) is 0 Å². The Labute approximate surface area is 66.5 Å². The van der Waals surface area contributed by atoms with Gasteiger partial charge in [0.25, 0.3) is 0 Å². The minimum atomic E-state index is -3.28. The Morgan fingerprint density at radius 1 is 1.50 bits per heavy atom. The lowest BCUT2D eigenvalue weighted by molar-refractivity contribution is -0.434. The third-order valence-corrected chi connectivity index (χ3v) is 2.99. The summed E-state index contributed by atoms with van der Waals surface area (Å²) in [6, 6.07) is 0. The third-order valence-electron chi connectivity index (χ3n) is 1.48. The molecule has 1 unspecified atom stereocenters. The fourth-order valence-corrected chi connectivity index (χ4v) is 2.25. The maximum atomic E-state index is 10.6. The van der Waals surface area contributed by atoms with Gasteiger partial charge >= 0.3 is 19.8 Å². The van der Waals surface area contributed by atoms with Crippen molar-refractivity contribution in [2.24, 2.45) is 0 Å². The van der Waals surface area contributed by atoms with Gasteiger partial charge in [0.1, 0.15) is 0 Å². The van der Waals surface area contributed by atoms with Gasteiger partial charge in [-0.15, -0.1) is 0 Å². The van der Waals surface area contributed by atoms with Crippen molar-refractivity contribution in [2.75, 3.05) is 0 Å². The summed E-state index contributed by atoms with van der Waals surface area (Å²) in [4.78, 5) is 10.1. The van der Waals surface area contributed by atoms with E-state index < -0.39 is 25.9 Å². The molecule has 7 nitrogen and oxygen atoms in total. The first kappa shape index (κ1) is 8.15. The molecular formula is C4H5O7P. The molecule has 2 N–H and O–H groups in total. The van der Waals surface area contributed by atoms with Crippen LogP contribution in [0, 0.1) is 0 Å². The first-order valence-electron chi connectivity index (χ1n) is 3.08. The van der Waals surface area contributed by atoms with E-state index in [0.29, 0.717) is 0 Å². The van der Waals surface area contributed by atoms with Crippen LogP contribution in [-0.4, -0.2) is 28.3 Å². The summed E-state index contributed by atoms with van der Waals surface area (Å²) in [6.07, 6.45) is -2.02. The maximum absolute atomic E-state index is 10.6. The molecule has 3 aliphatic heterocycles. The Morgan fingerprint density at radius 3 is 2.33 bits per heavy atom. The molecule has 12 heavy (non-hydrogen) atoms. The minimum Gasteiger partial charge on any atom is -0.479 e. The van der Waals surface area contributed by atoms with Crippen molar-refractivity contribution in [3.05, 3.63) is 0 Å². The molecule has 0 spiro atoms. The molecule has 1 atom stereocenters. The Morgan fingerprint density at radius 2 is 2.00 bits per heavy atom. The largest absolute Gasteiger partial charge is 0.488 e. The van der Waals surface area contributed by atoms with E-state index in [9.17, 15) is 9.36 Å². The first-order valence-corrected chi connectivity index (χ1v) is 4.54. The molecular weight excluding hydrogens is 191 g/mol. The van der Waals surface area contributed by atoms with E-state index >= 15 is 0 Å². The lowest BCUT2D eigenvalue weighted by Crippen LogP contribution is -2.59. The number of carbonyl (C=O) groups is 1. The summed E-state index contributed by atoms with van der Waals surface area (Å²) in [7, 11) is -3.28. The minimum absolute atomic E-state index is 0.383. The summed E-state index contributed by atoms with van der Waals surface area (Å²) in [5, 5.41) is 17.1. The molecule has 0 radical (unpaired) electrons. The van der Waals surface area contributed by atoms with Crippen molar-refractivity contribution in [3.63, 3.8) is 0 Å². The van der Waals surface area contributed by atoms with Gasteiger partial charge in [-0.05, 0) is 0 Å². The average Bonchev–Trinajstić information content (AvgIpc) is 1.81. The number of carboxylic acid groups (broad SMARTS) is 1. The number of hydrogen-bond acceptors (Lipinski definition) is 6. The molecule has 3 rings (SSSR count). The molecule has 0 aliphatic carbocycles. The highest BCUT2D eigenvalue weighted by Gasteiger charge is 2.75. The van der Waals surface area contributed by atoms with E-state index in [0.717, 1.165) is 0 Å². The number of carboxylic acids is 1. The third kappa shape index (κ3) is 0.988. The zero-order chi connectivity index (χ0) is 8.98. The predicted octanol–water partition coefficient (Wildman–Crippen LogP) is -0.339. The SMILES string of the molecule is O=C(O)C(O)CC12OP(=O)(O1)O2. The summed E-state index contributed by atoms with van der Waals surface area (Å²) >= 11 is 0. The number of phosphoric ester groups is 1. The second kappa shape index (κ2) is 2.07. The van der Waals surface area contributed by atoms with Gasteiger partial charge in [-0.2, -0.15) is 0 Å². The first-order chi connectivity index (χ1) is 5.45. The molecule has 0 aromatic carbocycles. The smallest absolute Gasteiger partial charge is 0.479 e. The standard InChI is InChI=1S/C4H5O7P/c5-2(3(6)7)1-4-9-12(8,10-4)11-4/h2,5H,1H2,(H,6,7). The fraction of sp³-hybridized carbons (Fsp3) is 0.750. The number of aliphatic hydroxyl groups is 1. The van der Waals surface area contributed by atoms with Gasteiger partial charge in [0, 0.05) is 0 Å². The van der Waals surface area contributed by atoms with Gasteiger partial charge in [-0.25, -0.2) is 22.9 Å². The number of rotatable bonds is 3. The molecule has 8 heteroatoms. The Kier molecular flexibility index (Phi) is 1.40. The van der Waals surface area contributed by atoms with Crippen LogP contribution in [-0.2, 0) is 22.9 Å². The number of aliphatic carboxylic acids is 1. The molecule has 2 bridgehead atoms. The molecule has 0 aromatic rings. The van der Waals surface area contributed by atoms with Crippen LogP contribution in [0.3, 0.4) is 0 Å². The molecule has 3 fully saturated rings. The molecule has 3 aliphatic rings. The van der Waals surface area contributed by atoms with E-state index in [1.165, 1.54) is 0 Å². The highest BCUT2D eigenvalue weighted by atomic mass is 31.2. The van der Waals surface area contributed by atoms with Crippen LogP contribution in [0.5, 0.6) is 0 Å². The van der Waals surface area contributed by atoms with Crippen LogP contribution in [0.4, 0.5) is 0 Å². The molecule has 68 valence electrons. The van der Waals surface area contributed by atoms with E-state index in [-0.39, 0.29) is 6.42 Å². The Balaban J connectivity index is 1.90. The van der Waals surface area contributed by atoms with Crippen molar-refractivity contribution >= 4 is 13.8 Å². The summed E-state index contributed by atoms with van der Waals surface area (Å²) < 4.78 is 24.1. The number of hydrogen-bond donors (Lipinski definition) is 2. The summed E-state index contributed by atoms with van der Waals surface area (Å²) in [5.41, 5.74) is 0. The van der Waals surface area contributed by atoms with Crippen LogP contribution >= 0.6 is 7.82 Å². The van der Waals surface area contributed by atoms with Crippen LogP contribution < -0.4 is 0 Å². The predicted molar refractivity (Wildman–Crippen MR) is 31.9 cm³/mol. The Hall–Kier alpha value is -0.460. The van der Waals surface area contributed by atoms with Crippen molar-refractivity contribution in [1.82, 2.24) is 0 Å². The Bertz CT molecular complexity index is 259. The van der Waals surface area contributed by atoms with Gasteiger partial charge in [-0.3, -0.25) is 0 Å². The second-order valence-electron chi connectivity index (χ2n) is 2.46. The quantitative estimate of drug-likeness (QED) is 0.595.